The lowest BCUT2D eigenvalue weighted by atomic mass is 10.2. The molecule has 0 atom stereocenters. The molecule has 2 heterocycles. The molecule has 0 radical (unpaired) electrons. The predicted octanol–water partition coefficient (Wildman–Crippen LogP) is 3.11. The largest absolute Gasteiger partial charge is 0.368 e. The minimum Gasteiger partial charge on any atom is -0.368 e. The second kappa shape index (κ2) is 7.74. The van der Waals surface area contributed by atoms with Crippen molar-refractivity contribution in [2.24, 2.45) is 0 Å². The molecule has 25 heavy (non-hydrogen) atoms. The molecule has 132 valence electrons. The Morgan fingerprint density at radius 2 is 1.88 bits per heavy atom. The third-order valence-electron chi connectivity index (χ3n) is 3.99. The molecule has 0 aliphatic carbocycles. The summed E-state index contributed by atoms with van der Waals surface area (Å²) in [5, 5.41) is 3.31. The van der Waals surface area contributed by atoms with Crippen molar-refractivity contribution < 1.29 is 0 Å². The standard InChI is InChI=1S/C18H23N5OS/c1-3-8-14-20-16(19-11-4-2)15-17(21-14)22(18(24)23(15)25)12-13-9-6-5-7-10-13/h5-7,9-10,25H,3-4,8,11-12H2,1-2H3,(H,19,20,21). The Hall–Kier alpha value is -2.28. The Morgan fingerprint density at radius 1 is 1.12 bits per heavy atom. The van der Waals surface area contributed by atoms with Gasteiger partial charge in [0.05, 0.1) is 6.54 Å². The molecule has 0 saturated heterocycles. The van der Waals surface area contributed by atoms with E-state index >= 15 is 0 Å². The molecular formula is C18H23N5OS. The van der Waals surface area contributed by atoms with Crippen LogP contribution in [-0.2, 0) is 13.0 Å². The number of imidazole rings is 1. The number of aryl methyl sites for hydroxylation is 1. The molecule has 7 heteroatoms. The van der Waals surface area contributed by atoms with Gasteiger partial charge in [-0.1, -0.05) is 57.0 Å². The van der Waals surface area contributed by atoms with Gasteiger partial charge in [0.25, 0.3) is 0 Å². The average molecular weight is 357 g/mol. The number of nitrogens with one attached hydrogen (secondary N) is 1. The van der Waals surface area contributed by atoms with Gasteiger partial charge in [0.1, 0.15) is 11.3 Å². The van der Waals surface area contributed by atoms with Crippen molar-refractivity contribution in [1.82, 2.24) is 18.5 Å². The van der Waals surface area contributed by atoms with Crippen LogP contribution in [0.3, 0.4) is 0 Å². The number of rotatable bonds is 7. The summed E-state index contributed by atoms with van der Waals surface area (Å²) in [6.07, 6.45) is 2.69. The van der Waals surface area contributed by atoms with Gasteiger partial charge in [-0.3, -0.25) is 4.57 Å². The van der Waals surface area contributed by atoms with E-state index in [0.29, 0.717) is 23.5 Å². The molecule has 0 amide bonds. The van der Waals surface area contributed by atoms with Gasteiger partial charge in [0.15, 0.2) is 11.5 Å². The van der Waals surface area contributed by atoms with E-state index in [0.717, 1.165) is 37.2 Å². The lowest BCUT2D eigenvalue weighted by molar-refractivity contribution is 0.763. The highest BCUT2D eigenvalue weighted by Gasteiger charge is 2.19. The molecule has 0 unspecified atom stereocenters. The predicted molar refractivity (Wildman–Crippen MR) is 104 cm³/mol. The maximum Gasteiger partial charge on any atom is 0.340 e. The molecule has 0 aliphatic rings. The van der Waals surface area contributed by atoms with E-state index in [-0.39, 0.29) is 5.69 Å². The fourth-order valence-corrected chi connectivity index (χ4v) is 3.07. The van der Waals surface area contributed by atoms with Crippen molar-refractivity contribution in [3.63, 3.8) is 0 Å². The highest BCUT2D eigenvalue weighted by molar-refractivity contribution is 7.78. The Balaban J connectivity index is 2.17. The van der Waals surface area contributed by atoms with Gasteiger partial charge in [-0.15, -0.1) is 0 Å². The smallest absolute Gasteiger partial charge is 0.340 e. The van der Waals surface area contributed by atoms with Crippen LogP contribution in [0.2, 0.25) is 0 Å². The highest BCUT2D eigenvalue weighted by atomic mass is 32.1. The molecule has 0 saturated carbocycles. The number of fused-ring (bicyclic) bond motifs is 1. The molecule has 6 nitrogen and oxygen atoms in total. The van der Waals surface area contributed by atoms with Gasteiger partial charge < -0.3 is 5.32 Å². The Kier molecular flexibility index (Phi) is 5.43. The van der Waals surface area contributed by atoms with E-state index in [1.54, 1.807) is 4.57 Å². The van der Waals surface area contributed by atoms with E-state index in [1.165, 1.54) is 3.97 Å². The maximum atomic E-state index is 12.7. The van der Waals surface area contributed by atoms with Crippen molar-refractivity contribution in [3.8, 4) is 0 Å². The first kappa shape index (κ1) is 17.5. The summed E-state index contributed by atoms with van der Waals surface area (Å²) >= 11 is 4.39. The van der Waals surface area contributed by atoms with Gasteiger partial charge in [-0.2, -0.15) is 0 Å². The fraction of sp³-hybridized carbons (Fsp3) is 0.389. The first-order valence-corrected chi connectivity index (χ1v) is 9.04. The SMILES string of the molecule is CCCNc1nc(CCC)nc2c1n(S)c(=O)n2Cc1ccccc1. The number of nitrogens with zero attached hydrogens (tertiary/aromatic N) is 4. The first-order valence-electron chi connectivity index (χ1n) is 8.64. The molecule has 0 fully saturated rings. The third kappa shape index (κ3) is 3.56. The minimum atomic E-state index is -0.204. The Morgan fingerprint density at radius 3 is 2.56 bits per heavy atom. The zero-order valence-corrected chi connectivity index (χ0v) is 15.5. The highest BCUT2D eigenvalue weighted by Crippen LogP contribution is 2.22. The lowest BCUT2D eigenvalue weighted by Gasteiger charge is -2.09. The minimum absolute atomic E-state index is 0.204. The van der Waals surface area contributed by atoms with Gasteiger partial charge >= 0.3 is 5.69 Å². The van der Waals surface area contributed by atoms with Crippen molar-refractivity contribution in [1.29, 1.82) is 0 Å². The molecule has 1 N–H and O–H groups in total. The molecule has 2 aromatic heterocycles. The summed E-state index contributed by atoms with van der Waals surface area (Å²) in [6.45, 7) is 5.42. The number of hydrogen-bond acceptors (Lipinski definition) is 5. The summed E-state index contributed by atoms with van der Waals surface area (Å²) < 4.78 is 3.00. The van der Waals surface area contributed by atoms with E-state index in [9.17, 15) is 4.79 Å². The molecular weight excluding hydrogens is 334 g/mol. The van der Waals surface area contributed by atoms with Crippen LogP contribution in [0.1, 0.15) is 38.1 Å². The molecule has 1 aromatic carbocycles. The van der Waals surface area contributed by atoms with E-state index in [2.05, 4.69) is 41.9 Å². The van der Waals surface area contributed by atoms with Gasteiger partial charge in [0, 0.05) is 13.0 Å². The second-order valence-electron chi connectivity index (χ2n) is 6.00. The number of benzene rings is 1. The molecule has 0 spiro atoms. The summed E-state index contributed by atoms with van der Waals surface area (Å²) in [5.41, 5.74) is 2.10. The monoisotopic (exact) mass is 357 g/mol. The van der Waals surface area contributed by atoms with Gasteiger partial charge in [-0.25, -0.2) is 18.7 Å². The van der Waals surface area contributed by atoms with Crippen LogP contribution in [0.15, 0.2) is 35.1 Å². The Bertz CT molecular complexity index is 917. The summed E-state index contributed by atoms with van der Waals surface area (Å²) in [7, 11) is 0. The van der Waals surface area contributed by atoms with E-state index < -0.39 is 0 Å². The topological polar surface area (TPSA) is 64.7 Å². The fourth-order valence-electron chi connectivity index (χ4n) is 2.78. The van der Waals surface area contributed by atoms with Crippen LogP contribution in [0.25, 0.3) is 11.2 Å². The zero-order chi connectivity index (χ0) is 17.8. The lowest BCUT2D eigenvalue weighted by Crippen LogP contribution is -2.21. The molecule has 3 rings (SSSR count). The van der Waals surface area contributed by atoms with Gasteiger partial charge in [-0.05, 0) is 18.4 Å². The number of aromatic nitrogens is 4. The molecule has 0 bridgehead atoms. The van der Waals surface area contributed by atoms with Crippen molar-refractivity contribution in [2.75, 3.05) is 11.9 Å². The van der Waals surface area contributed by atoms with Crippen LogP contribution in [0.4, 0.5) is 5.82 Å². The first-order chi connectivity index (χ1) is 12.2. The van der Waals surface area contributed by atoms with Crippen LogP contribution < -0.4 is 11.0 Å². The summed E-state index contributed by atoms with van der Waals surface area (Å²) in [5.74, 6) is 1.42. The van der Waals surface area contributed by atoms with E-state index in [1.807, 2.05) is 30.3 Å². The number of thiol groups is 1. The zero-order valence-electron chi connectivity index (χ0n) is 14.6. The Labute approximate surface area is 152 Å². The van der Waals surface area contributed by atoms with Crippen LogP contribution in [-0.4, -0.2) is 25.1 Å². The quantitative estimate of drug-likeness (QED) is 0.638. The molecule has 3 aromatic rings. The van der Waals surface area contributed by atoms with Crippen molar-refractivity contribution in [3.05, 3.63) is 52.2 Å². The van der Waals surface area contributed by atoms with Crippen molar-refractivity contribution >= 4 is 29.8 Å². The second-order valence-corrected chi connectivity index (χ2v) is 6.40. The summed E-state index contributed by atoms with van der Waals surface area (Å²) in [4.78, 5) is 22.0. The van der Waals surface area contributed by atoms with Gasteiger partial charge in [0.2, 0.25) is 0 Å². The summed E-state index contributed by atoms with van der Waals surface area (Å²) in [6, 6.07) is 9.89. The maximum absolute atomic E-state index is 12.7. The third-order valence-corrected chi connectivity index (χ3v) is 4.36. The molecule has 0 aliphatic heterocycles. The van der Waals surface area contributed by atoms with Crippen LogP contribution >= 0.6 is 12.8 Å². The van der Waals surface area contributed by atoms with E-state index in [4.69, 9.17) is 0 Å². The van der Waals surface area contributed by atoms with Crippen molar-refractivity contribution in [2.45, 2.75) is 39.7 Å². The average Bonchev–Trinajstić information content (AvgIpc) is 2.86. The van der Waals surface area contributed by atoms with Crippen LogP contribution in [0.5, 0.6) is 0 Å². The number of anilines is 1. The van der Waals surface area contributed by atoms with Crippen LogP contribution in [0, 0.1) is 0 Å². The normalized spacial score (nSPS) is 11.2. The number of hydrogen-bond donors (Lipinski definition) is 2.